The number of hydrogen-bond acceptors (Lipinski definition) is 1. The van der Waals surface area contributed by atoms with Gasteiger partial charge in [-0.2, -0.15) is 0 Å². The molecular formula is C9H9BF3O-. The summed E-state index contributed by atoms with van der Waals surface area (Å²) >= 11 is 0. The van der Waals surface area contributed by atoms with Crippen LogP contribution in [0.4, 0.5) is 12.9 Å². The van der Waals surface area contributed by atoms with Crippen LogP contribution in [-0.2, 0) is 6.42 Å². The molecule has 1 nitrogen and oxygen atoms in total. The van der Waals surface area contributed by atoms with E-state index in [9.17, 15) is 12.9 Å². The molecule has 0 atom stereocenters. The number of hydrogen-bond donors (Lipinski definition) is 0. The van der Waals surface area contributed by atoms with Gasteiger partial charge in [0, 0.05) is 0 Å². The lowest BCUT2D eigenvalue weighted by molar-refractivity contribution is 0.288. The Balaban J connectivity index is 2.51. The Kier molecular flexibility index (Phi) is 2.17. The molecule has 2 rings (SSSR count). The molecule has 1 aliphatic heterocycles. The van der Waals surface area contributed by atoms with Crippen LogP contribution in [0.3, 0.4) is 0 Å². The molecule has 0 saturated heterocycles. The van der Waals surface area contributed by atoms with Crippen molar-refractivity contribution < 1.29 is 17.7 Å². The minimum absolute atomic E-state index is 0.325. The fourth-order valence-corrected chi connectivity index (χ4v) is 1.72. The first kappa shape index (κ1) is 9.43. The second-order valence-electron chi connectivity index (χ2n) is 3.35. The molecule has 0 saturated carbocycles. The molecular weight excluding hydrogens is 192 g/mol. The van der Waals surface area contributed by atoms with Crippen molar-refractivity contribution in [3.05, 3.63) is 23.8 Å². The van der Waals surface area contributed by atoms with Crippen LogP contribution in [0.2, 0.25) is 0 Å². The first-order valence-corrected chi connectivity index (χ1v) is 4.53. The monoisotopic (exact) mass is 201 g/mol. The summed E-state index contributed by atoms with van der Waals surface area (Å²) in [5.74, 6) is 0.396. The van der Waals surface area contributed by atoms with Gasteiger partial charge in [0.05, 0.1) is 6.61 Å². The summed E-state index contributed by atoms with van der Waals surface area (Å²) in [7, 11) is 0. The van der Waals surface area contributed by atoms with Gasteiger partial charge in [-0.3, -0.25) is 0 Å². The molecule has 0 radical (unpaired) electrons. The van der Waals surface area contributed by atoms with Gasteiger partial charge >= 0.3 is 6.98 Å². The van der Waals surface area contributed by atoms with Gasteiger partial charge in [-0.05, 0) is 24.5 Å². The minimum atomic E-state index is -4.91. The maximum Gasteiger partial charge on any atom is 0.510 e. The first-order chi connectivity index (χ1) is 6.59. The van der Waals surface area contributed by atoms with Gasteiger partial charge in [0.15, 0.2) is 0 Å². The molecule has 0 unspecified atom stereocenters. The van der Waals surface area contributed by atoms with E-state index < -0.39 is 12.4 Å². The fourth-order valence-electron chi connectivity index (χ4n) is 1.72. The Morgan fingerprint density at radius 1 is 1.21 bits per heavy atom. The van der Waals surface area contributed by atoms with Crippen molar-refractivity contribution in [1.82, 2.24) is 0 Å². The topological polar surface area (TPSA) is 9.23 Å². The zero-order valence-corrected chi connectivity index (χ0v) is 7.47. The highest BCUT2D eigenvalue weighted by atomic mass is 19.4. The second kappa shape index (κ2) is 3.22. The molecule has 0 bridgehead atoms. The molecule has 0 spiro atoms. The number of halogens is 3. The van der Waals surface area contributed by atoms with E-state index in [4.69, 9.17) is 4.74 Å². The number of ether oxygens (including phenoxy) is 1. The Morgan fingerprint density at radius 3 is 2.71 bits per heavy atom. The molecule has 5 heteroatoms. The number of benzene rings is 1. The van der Waals surface area contributed by atoms with E-state index in [1.807, 2.05) is 0 Å². The van der Waals surface area contributed by atoms with E-state index in [-0.39, 0.29) is 0 Å². The Hall–Kier alpha value is -1.13. The van der Waals surface area contributed by atoms with Crippen LogP contribution in [0, 0.1) is 0 Å². The van der Waals surface area contributed by atoms with Crippen molar-refractivity contribution in [1.29, 1.82) is 0 Å². The average Bonchev–Trinajstić information content (AvgIpc) is 2.15. The molecule has 1 aliphatic rings. The maximum atomic E-state index is 12.6. The molecule has 14 heavy (non-hydrogen) atoms. The Labute approximate surface area is 79.9 Å². The van der Waals surface area contributed by atoms with Gasteiger partial charge in [0.25, 0.3) is 0 Å². The first-order valence-electron chi connectivity index (χ1n) is 4.53. The predicted octanol–water partition coefficient (Wildman–Crippen LogP) is 2.07. The van der Waals surface area contributed by atoms with E-state index in [1.165, 1.54) is 6.07 Å². The molecule has 1 aromatic rings. The van der Waals surface area contributed by atoms with Crippen molar-refractivity contribution in [3.8, 4) is 5.75 Å². The standard InChI is InChI=1S/C9H9BF3O/c11-10(12,13)8-4-1-5-9-7(8)3-2-6-14-9/h1,4-5H,2-3,6H2/q-1. The molecule has 0 amide bonds. The average molecular weight is 201 g/mol. The van der Waals surface area contributed by atoms with E-state index in [0.717, 1.165) is 6.07 Å². The van der Waals surface area contributed by atoms with Crippen molar-refractivity contribution in [2.24, 2.45) is 0 Å². The summed E-state index contributed by atoms with van der Waals surface area (Å²) < 4.78 is 42.9. The predicted molar refractivity (Wildman–Crippen MR) is 49.0 cm³/mol. The summed E-state index contributed by atoms with van der Waals surface area (Å²) in [6.07, 6.45) is 1.13. The lowest BCUT2D eigenvalue weighted by atomic mass is 9.75. The van der Waals surface area contributed by atoms with Crippen LogP contribution in [-0.4, -0.2) is 13.6 Å². The van der Waals surface area contributed by atoms with Gasteiger partial charge in [-0.25, -0.2) is 0 Å². The molecule has 0 aromatic heterocycles. The van der Waals surface area contributed by atoms with Crippen molar-refractivity contribution in [3.63, 3.8) is 0 Å². The number of rotatable bonds is 1. The van der Waals surface area contributed by atoms with Gasteiger partial charge < -0.3 is 17.7 Å². The van der Waals surface area contributed by atoms with Crippen molar-refractivity contribution in [2.75, 3.05) is 6.61 Å². The van der Waals surface area contributed by atoms with Crippen LogP contribution >= 0.6 is 0 Å². The van der Waals surface area contributed by atoms with Crippen LogP contribution in [0.5, 0.6) is 5.75 Å². The van der Waals surface area contributed by atoms with Crippen molar-refractivity contribution in [2.45, 2.75) is 12.8 Å². The van der Waals surface area contributed by atoms with Gasteiger partial charge in [-0.15, -0.1) is 5.46 Å². The smallest absolute Gasteiger partial charge is 0.493 e. The molecule has 0 aliphatic carbocycles. The lowest BCUT2D eigenvalue weighted by Gasteiger charge is -2.25. The van der Waals surface area contributed by atoms with E-state index in [1.54, 1.807) is 6.07 Å². The van der Waals surface area contributed by atoms with Gasteiger partial charge in [-0.1, -0.05) is 12.1 Å². The van der Waals surface area contributed by atoms with E-state index >= 15 is 0 Å². The SMILES string of the molecule is F[B-](F)(F)c1cccc2c1CCCO2. The lowest BCUT2D eigenvalue weighted by Crippen LogP contribution is -2.38. The summed E-state index contributed by atoms with van der Waals surface area (Å²) in [5.41, 5.74) is -0.173. The second-order valence-corrected chi connectivity index (χ2v) is 3.35. The van der Waals surface area contributed by atoms with Crippen LogP contribution in [0.1, 0.15) is 12.0 Å². The third kappa shape index (κ3) is 1.58. The quantitative estimate of drug-likeness (QED) is 0.632. The largest absolute Gasteiger partial charge is 0.510 e. The van der Waals surface area contributed by atoms with Crippen LogP contribution in [0.25, 0.3) is 0 Å². The molecule has 1 heterocycles. The van der Waals surface area contributed by atoms with E-state index in [2.05, 4.69) is 0 Å². The summed E-state index contributed by atoms with van der Waals surface area (Å²) in [5, 5.41) is 0. The van der Waals surface area contributed by atoms with Gasteiger partial charge in [0.1, 0.15) is 5.75 Å². The zero-order valence-electron chi connectivity index (χ0n) is 7.47. The minimum Gasteiger partial charge on any atom is -0.493 e. The molecule has 76 valence electrons. The highest BCUT2D eigenvalue weighted by Crippen LogP contribution is 2.25. The molecule has 0 N–H and O–H groups in total. The van der Waals surface area contributed by atoms with Crippen molar-refractivity contribution >= 4 is 12.4 Å². The fraction of sp³-hybridized carbons (Fsp3) is 0.333. The normalized spacial score (nSPS) is 15.9. The Bertz CT molecular complexity index is 348. The summed E-state index contributed by atoms with van der Waals surface area (Å²) in [6, 6.07) is 4.13. The summed E-state index contributed by atoms with van der Waals surface area (Å²) in [6.45, 7) is -4.40. The Morgan fingerprint density at radius 2 is 2.00 bits per heavy atom. The van der Waals surface area contributed by atoms with E-state index in [0.29, 0.717) is 30.8 Å². The van der Waals surface area contributed by atoms with Gasteiger partial charge in [0.2, 0.25) is 0 Å². The number of fused-ring (bicyclic) bond motifs is 1. The third-order valence-electron chi connectivity index (χ3n) is 2.35. The van der Waals surface area contributed by atoms with Crippen LogP contribution < -0.4 is 10.2 Å². The zero-order chi connectivity index (χ0) is 10.2. The highest BCUT2D eigenvalue weighted by Gasteiger charge is 2.30. The molecule has 1 aromatic carbocycles. The summed E-state index contributed by atoms with van der Waals surface area (Å²) in [4.78, 5) is 0. The maximum absolute atomic E-state index is 12.6. The molecule has 0 fully saturated rings. The highest BCUT2D eigenvalue weighted by molar-refractivity contribution is 6.74. The third-order valence-corrected chi connectivity index (χ3v) is 2.35. The van der Waals surface area contributed by atoms with Crippen LogP contribution in [0.15, 0.2) is 18.2 Å².